The van der Waals surface area contributed by atoms with E-state index in [4.69, 9.17) is 4.65 Å². The highest BCUT2D eigenvalue weighted by Crippen LogP contribution is 2.14. The number of hydrogen-bond donors (Lipinski definition) is 0. The molecular weight excluding hydrogens is 107 g/mol. The highest BCUT2D eigenvalue weighted by atomic mass is 32.2. The van der Waals surface area contributed by atoms with E-state index < -0.39 is 0 Å². The average Bonchev–Trinajstić information content (AvgIpc) is 1.69. The van der Waals surface area contributed by atoms with E-state index >= 15 is 0 Å². The summed E-state index contributed by atoms with van der Waals surface area (Å²) < 4.78 is 5.24. The summed E-state index contributed by atoms with van der Waals surface area (Å²) in [6.45, 7) is 3.07. The van der Waals surface area contributed by atoms with Gasteiger partial charge in [-0.05, 0) is 19.0 Å². The zero-order valence-corrected chi connectivity index (χ0v) is 5.33. The Morgan fingerprint density at radius 2 is 2.57 bits per heavy atom. The van der Waals surface area contributed by atoms with Crippen LogP contribution >= 0.6 is 11.6 Å². The molecule has 1 aliphatic heterocycles. The summed E-state index contributed by atoms with van der Waals surface area (Å²) in [6, 6.07) is 0. The molecule has 0 atom stereocenters. The third-order valence-electron chi connectivity index (χ3n) is 0.994. The molecule has 0 unspecified atom stereocenters. The Hall–Kier alpha value is 0.375. The van der Waals surface area contributed by atoms with Crippen LogP contribution in [0.5, 0.6) is 0 Å². The lowest BCUT2D eigenvalue weighted by Gasteiger charge is -2.14. The Bertz CT molecular complexity index is 53.7. The topological polar surface area (TPSA) is 9.23 Å². The highest BCUT2D eigenvalue weighted by Gasteiger charge is 2.12. The molecule has 40 valence electrons. The third kappa shape index (κ3) is 1.74. The Balaban J connectivity index is 2.12. The molecule has 0 radical (unpaired) electrons. The van der Waals surface area contributed by atoms with Crippen LogP contribution in [0.3, 0.4) is 0 Å². The van der Waals surface area contributed by atoms with Gasteiger partial charge in [-0.3, -0.25) is 0 Å². The summed E-state index contributed by atoms with van der Waals surface area (Å²) in [7, 11) is 0. The van der Waals surface area contributed by atoms with E-state index in [0.29, 0.717) is 6.19 Å². The summed E-state index contributed by atoms with van der Waals surface area (Å²) in [5, 5.41) is 0. The predicted molar refractivity (Wildman–Crippen MR) is 34.6 cm³/mol. The van der Waals surface area contributed by atoms with Crippen molar-refractivity contribution in [2.75, 3.05) is 12.4 Å². The van der Waals surface area contributed by atoms with Gasteiger partial charge in [0, 0.05) is 6.61 Å². The lowest BCUT2D eigenvalue weighted by Crippen LogP contribution is -2.16. The molecule has 0 aromatic heterocycles. The van der Waals surface area contributed by atoms with Crippen LogP contribution in [0.4, 0.5) is 0 Å². The van der Waals surface area contributed by atoms with E-state index in [2.05, 4.69) is 6.82 Å². The molecule has 1 rings (SSSR count). The van der Waals surface area contributed by atoms with E-state index in [1.165, 1.54) is 12.2 Å². The Morgan fingerprint density at radius 3 is 2.86 bits per heavy atom. The van der Waals surface area contributed by atoms with Gasteiger partial charge in [-0.2, -0.15) is 11.6 Å². The summed E-state index contributed by atoms with van der Waals surface area (Å²) in [5.74, 6) is 1.28. The minimum atomic E-state index is 0.453. The fraction of sp³-hybridized carbons (Fsp3) is 1.00. The van der Waals surface area contributed by atoms with Gasteiger partial charge in [0.1, 0.15) is 0 Å². The van der Waals surface area contributed by atoms with Crippen molar-refractivity contribution in [1.29, 1.82) is 0 Å². The first-order chi connectivity index (χ1) is 3.39. The monoisotopic (exact) mass is 116 g/mol. The molecule has 0 saturated carbocycles. The standard InChI is InChI=1S/C4H9BOS/c1-5-6-3-2-4-7-5/h2-4H2,1H3. The lowest BCUT2D eigenvalue weighted by molar-refractivity contribution is 0.330. The Kier molecular flexibility index (Phi) is 2.07. The van der Waals surface area contributed by atoms with Gasteiger partial charge in [0.25, 0.3) is 0 Å². The van der Waals surface area contributed by atoms with Crippen LogP contribution in [0.1, 0.15) is 6.42 Å². The molecule has 0 aromatic rings. The van der Waals surface area contributed by atoms with Crippen LogP contribution in [0, 0.1) is 0 Å². The maximum atomic E-state index is 5.24. The van der Waals surface area contributed by atoms with Crippen molar-refractivity contribution in [3.8, 4) is 0 Å². The summed E-state index contributed by atoms with van der Waals surface area (Å²) in [6.07, 6.45) is 1.68. The van der Waals surface area contributed by atoms with E-state index in [-0.39, 0.29) is 0 Å². The summed E-state index contributed by atoms with van der Waals surface area (Å²) in [4.78, 5) is 0. The van der Waals surface area contributed by atoms with Crippen LogP contribution in [-0.2, 0) is 4.65 Å². The molecule has 0 aromatic carbocycles. The molecule has 1 heterocycles. The molecule has 0 amide bonds. The van der Waals surface area contributed by atoms with E-state index in [1.807, 2.05) is 11.6 Å². The molecule has 1 saturated heterocycles. The normalized spacial score (nSPS) is 22.7. The van der Waals surface area contributed by atoms with E-state index in [9.17, 15) is 0 Å². The van der Waals surface area contributed by atoms with Crippen molar-refractivity contribution >= 4 is 17.8 Å². The van der Waals surface area contributed by atoms with Crippen LogP contribution < -0.4 is 0 Å². The molecular formula is C4H9BOS. The van der Waals surface area contributed by atoms with Crippen molar-refractivity contribution in [2.24, 2.45) is 0 Å². The first kappa shape index (κ1) is 5.51. The first-order valence-corrected chi connectivity index (χ1v) is 3.67. The van der Waals surface area contributed by atoms with Gasteiger partial charge in [-0.25, -0.2) is 0 Å². The van der Waals surface area contributed by atoms with Crippen LogP contribution in [0.15, 0.2) is 0 Å². The minimum Gasteiger partial charge on any atom is -0.426 e. The maximum Gasteiger partial charge on any atom is 0.358 e. The van der Waals surface area contributed by atoms with E-state index in [1.54, 1.807) is 0 Å². The molecule has 0 N–H and O–H groups in total. The zero-order chi connectivity index (χ0) is 5.11. The minimum absolute atomic E-state index is 0.453. The maximum absolute atomic E-state index is 5.24. The van der Waals surface area contributed by atoms with Crippen LogP contribution in [0.2, 0.25) is 6.82 Å². The van der Waals surface area contributed by atoms with Gasteiger partial charge in [0.15, 0.2) is 0 Å². The number of hydrogen-bond acceptors (Lipinski definition) is 2. The van der Waals surface area contributed by atoms with Crippen molar-refractivity contribution in [3.63, 3.8) is 0 Å². The molecule has 1 nitrogen and oxygen atoms in total. The fourth-order valence-electron chi connectivity index (χ4n) is 0.606. The van der Waals surface area contributed by atoms with Crippen molar-refractivity contribution in [2.45, 2.75) is 13.2 Å². The van der Waals surface area contributed by atoms with Gasteiger partial charge in [0.05, 0.1) is 0 Å². The molecule has 3 heteroatoms. The van der Waals surface area contributed by atoms with Crippen LogP contribution in [-0.4, -0.2) is 18.6 Å². The van der Waals surface area contributed by atoms with Gasteiger partial charge in [-0.15, -0.1) is 0 Å². The van der Waals surface area contributed by atoms with Crippen molar-refractivity contribution < 1.29 is 4.65 Å². The number of rotatable bonds is 0. The Morgan fingerprint density at radius 1 is 1.71 bits per heavy atom. The van der Waals surface area contributed by atoms with E-state index in [0.717, 1.165) is 6.61 Å². The predicted octanol–water partition coefficient (Wildman–Crippen LogP) is 1.26. The van der Waals surface area contributed by atoms with Gasteiger partial charge in [0.2, 0.25) is 0 Å². The highest BCUT2D eigenvalue weighted by molar-refractivity contribution is 8.24. The molecule has 0 bridgehead atoms. The van der Waals surface area contributed by atoms with Crippen molar-refractivity contribution in [1.82, 2.24) is 0 Å². The molecule has 1 aliphatic rings. The van der Waals surface area contributed by atoms with Gasteiger partial charge in [-0.1, -0.05) is 0 Å². The SMILES string of the molecule is CB1OCCCS1. The largest absolute Gasteiger partial charge is 0.426 e. The third-order valence-corrected chi connectivity index (χ3v) is 2.12. The second kappa shape index (κ2) is 2.63. The van der Waals surface area contributed by atoms with Gasteiger partial charge >= 0.3 is 6.19 Å². The second-order valence-corrected chi connectivity index (χ2v) is 3.07. The summed E-state index contributed by atoms with van der Waals surface area (Å²) >= 11 is 1.90. The Labute approximate surface area is 48.8 Å². The quantitative estimate of drug-likeness (QED) is 0.440. The van der Waals surface area contributed by atoms with Crippen molar-refractivity contribution in [3.05, 3.63) is 0 Å². The molecule has 7 heavy (non-hydrogen) atoms. The fourth-order valence-corrected chi connectivity index (χ4v) is 1.41. The van der Waals surface area contributed by atoms with Gasteiger partial charge < -0.3 is 4.65 Å². The molecule has 0 spiro atoms. The first-order valence-electron chi connectivity index (χ1n) is 2.63. The second-order valence-electron chi connectivity index (χ2n) is 1.66. The summed E-state index contributed by atoms with van der Waals surface area (Å²) in [5.41, 5.74) is 0. The zero-order valence-electron chi connectivity index (χ0n) is 4.52. The lowest BCUT2D eigenvalue weighted by atomic mass is 10.1. The molecule has 0 aliphatic carbocycles. The smallest absolute Gasteiger partial charge is 0.358 e. The molecule has 1 fully saturated rings. The van der Waals surface area contributed by atoms with Crippen LogP contribution in [0.25, 0.3) is 0 Å². The average molecular weight is 116 g/mol.